The average Bonchev–Trinajstić information content (AvgIpc) is 2.83. The number of methoxy groups -OCH3 is 2. The molecule has 34 heavy (non-hydrogen) atoms. The van der Waals surface area contributed by atoms with Crippen molar-refractivity contribution in [2.75, 3.05) is 14.2 Å². The lowest BCUT2D eigenvalue weighted by Crippen LogP contribution is -2.35. The first kappa shape index (κ1) is 28.2. The molecule has 0 amide bonds. The van der Waals surface area contributed by atoms with Gasteiger partial charge < -0.3 is 14.6 Å². The van der Waals surface area contributed by atoms with Gasteiger partial charge in [0.05, 0.1) is 14.2 Å². The lowest BCUT2D eigenvalue weighted by atomic mass is 9.74. The minimum Gasteiger partial charge on any atom is -0.496 e. The summed E-state index contributed by atoms with van der Waals surface area (Å²) in [6.07, 6.45) is 11.8. The Balaban J connectivity index is 2.25. The monoisotopic (exact) mass is 468 g/mol. The van der Waals surface area contributed by atoms with Crippen LogP contribution in [0.15, 0.2) is 24.3 Å². The molecule has 0 aromatic heterocycles. The van der Waals surface area contributed by atoms with Gasteiger partial charge in [0, 0.05) is 11.1 Å². The molecule has 0 saturated heterocycles. The van der Waals surface area contributed by atoms with E-state index < -0.39 is 5.60 Å². The number of hydrogen-bond donors (Lipinski definition) is 1. The van der Waals surface area contributed by atoms with E-state index in [4.69, 9.17) is 9.47 Å². The lowest BCUT2D eigenvalue weighted by molar-refractivity contribution is 0.0285. The van der Waals surface area contributed by atoms with Crippen LogP contribution in [0.4, 0.5) is 0 Å². The zero-order valence-electron chi connectivity index (χ0n) is 23.0. The number of hydrogen-bond acceptors (Lipinski definition) is 3. The highest BCUT2D eigenvalue weighted by Crippen LogP contribution is 2.48. The molecule has 3 heteroatoms. The molecule has 3 nitrogen and oxygen atoms in total. The van der Waals surface area contributed by atoms with E-state index in [1.807, 2.05) is 20.8 Å². The molecule has 1 atom stereocenters. The highest BCUT2D eigenvalue weighted by molar-refractivity contribution is 5.62. The first-order valence-electron chi connectivity index (χ1n) is 13.3. The predicted molar refractivity (Wildman–Crippen MR) is 144 cm³/mol. The third kappa shape index (κ3) is 6.16. The second-order valence-electron chi connectivity index (χ2n) is 10.2. The Kier molecular flexibility index (Phi) is 11.0. The third-order valence-corrected chi connectivity index (χ3v) is 7.52. The van der Waals surface area contributed by atoms with Gasteiger partial charge in [-0.25, -0.2) is 0 Å². The maximum atomic E-state index is 12.2. The fourth-order valence-electron chi connectivity index (χ4n) is 5.27. The molecular formula is C31H48O3. The van der Waals surface area contributed by atoms with Gasteiger partial charge in [0.15, 0.2) is 0 Å². The van der Waals surface area contributed by atoms with Crippen LogP contribution in [0.2, 0.25) is 0 Å². The summed E-state index contributed by atoms with van der Waals surface area (Å²) < 4.78 is 11.6. The highest BCUT2D eigenvalue weighted by Gasteiger charge is 2.41. The predicted octanol–water partition coefficient (Wildman–Crippen LogP) is 8.20. The van der Waals surface area contributed by atoms with Gasteiger partial charge in [-0.1, -0.05) is 90.0 Å². The molecular weight excluding hydrogens is 420 g/mol. The van der Waals surface area contributed by atoms with Crippen LogP contribution < -0.4 is 9.47 Å². The second-order valence-corrected chi connectivity index (χ2v) is 10.2. The van der Waals surface area contributed by atoms with Crippen molar-refractivity contribution in [3.8, 4) is 11.5 Å². The maximum Gasteiger partial charge on any atom is 0.129 e. The van der Waals surface area contributed by atoms with Gasteiger partial charge in [0.2, 0.25) is 0 Å². The van der Waals surface area contributed by atoms with Crippen LogP contribution in [0.5, 0.6) is 11.5 Å². The standard InChI is InChI=1S/C31H48O3/c1-9-10-11-12-13-14-15-16-17-26-18-20-27(21-19-26)31(32,22(2)3)28-25(6)29(33-7)23(4)24(5)30(28)34-8/h18-22,32H,9-17H2,1-8H3. The van der Waals surface area contributed by atoms with Crippen LogP contribution in [-0.2, 0) is 12.0 Å². The largest absolute Gasteiger partial charge is 0.496 e. The van der Waals surface area contributed by atoms with Crippen molar-refractivity contribution in [2.45, 2.75) is 105 Å². The van der Waals surface area contributed by atoms with Crippen LogP contribution in [0.1, 0.15) is 106 Å². The number of ether oxygens (including phenoxy) is 2. The summed E-state index contributed by atoms with van der Waals surface area (Å²) in [4.78, 5) is 0. The first-order valence-corrected chi connectivity index (χ1v) is 13.3. The van der Waals surface area contributed by atoms with Crippen LogP contribution in [0.3, 0.4) is 0 Å². The fourth-order valence-corrected chi connectivity index (χ4v) is 5.27. The van der Waals surface area contributed by atoms with E-state index in [1.165, 1.54) is 56.9 Å². The summed E-state index contributed by atoms with van der Waals surface area (Å²) in [5.41, 5.74) is 4.84. The minimum atomic E-state index is -1.18. The summed E-state index contributed by atoms with van der Waals surface area (Å²) in [5.74, 6) is 1.51. The van der Waals surface area contributed by atoms with Crippen LogP contribution >= 0.6 is 0 Å². The van der Waals surface area contributed by atoms with E-state index in [9.17, 15) is 5.11 Å². The van der Waals surface area contributed by atoms with Crippen LogP contribution in [-0.4, -0.2) is 19.3 Å². The van der Waals surface area contributed by atoms with E-state index in [0.717, 1.165) is 45.7 Å². The van der Waals surface area contributed by atoms with Crippen molar-refractivity contribution in [3.63, 3.8) is 0 Å². The molecule has 0 radical (unpaired) electrons. The molecule has 0 heterocycles. The topological polar surface area (TPSA) is 38.7 Å². The van der Waals surface area contributed by atoms with Crippen molar-refractivity contribution in [1.82, 2.24) is 0 Å². The zero-order valence-corrected chi connectivity index (χ0v) is 23.0. The van der Waals surface area contributed by atoms with E-state index in [1.54, 1.807) is 14.2 Å². The van der Waals surface area contributed by atoms with E-state index >= 15 is 0 Å². The molecule has 1 N–H and O–H groups in total. The van der Waals surface area contributed by atoms with Gasteiger partial charge >= 0.3 is 0 Å². The smallest absolute Gasteiger partial charge is 0.129 e. The third-order valence-electron chi connectivity index (χ3n) is 7.52. The van der Waals surface area contributed by atoms with Crippen LogP contribution in [0, 0.1) is 26.7 Å². The molecule has 0 bridgehead atoms. The molecule has 1 unspecified atom stereocenters. The Morgan fingerprint density at radius 1 is 0.735 bits per heavy atom. The van der Waals surface area contributed by atoms with Gasteiger partial charge in [0.25, 0.3) is 0 Å². The fraction of sp³-hybridized carbons (Fsp3) is 0.613. The van der Waals surface area contributed by atoms with E-state index in [-0.39, 0.29) is 5.92 Å². The molecule has 2 aromatic carbocycles. The lowest BCUT2D eigenvalue weighted by Gasteiger charge is -2.37. The van der Waals surface area contributed by atoms with Crippen molar-refractivity contribution >= 4 is 0 Å². The van der Waals surface area contributed by atoms with E-state index in [2.05, 4.69) is 45.0 Å². The molecule has 0 fully saturated rings. The number of rotatable bonds is 14. The molecule has 0 saturated carbocycles. The maximum absolute atomic E-state index is 12.2. The Labute approximate surface area is 208 Å². The number of unbranched alkanes of at least 4 members (excludes halogenated alkanes) is 7. The Bertz CT molecular complexity index is 898. The molecule has 2 rings (SSSR count). The van der Waals surface area contributed by atoms with Gasteiger partial charge in [-0.05, 0) is 61.8 Å². The molecule has 190 valence electrons. The summed E-state index contributed by atoms with van der Waals surface area (Å²) >= 11 is 0. The summed E-state index contributed by atoms with van der Waals surface area (Å²) in [7, 11) is 3.38. The normalized spacial score (nSPS) is 13.2. The quantitative estimate of drug-likeness (QED) is 0.284. The molecule has 0 aliphatic carbocycles. The minimum absolute atomic E-state index is 0.0505. The van der Waals surface area contributed by atoms with Crippen molar-refractivity contribution < 1.29 is 14.6 Å². The van der Waals surface area contributed by atoms with E-state index in [0.29, 0.717) is 0 Å². The van der Waals surface area contributed by atoms with Gasteiger partial charge in [-0.3, -0.25) is 0 Å². The van der Waals surface area contributed by atoms with Gasteiger partial charge in [0.1, 0.15) is 17.1 Å². The summed E-state index contributed by atoms with van der Waals surface area (Å²) in [5, 5.41) is 12.2. The van der Waals surface area contributed by atoms with Crippen molar-refractivity contribution in [1.29, 1.82) is 0 Å². The molecule has 0 aliphatic rings. The Morgan fingerprint density at radius 3 is 1.74 bits per heavy atom. The van der Waals surface area contributed by atoms with Crippen molar-refractivity contribution in [3.05, 3.63) is 57.6 Å². The average molecular weight is 469 g/mol. The molecule has 0 spiro atoms. The summed E-state index contributed by atoms with van der Waals surface area (Å²) in [6, 6.07) is 8.56. The number of benzene rings is 2. The molecule has 2 aromatic rings. The number of aliphatic hydroxyl groups is 1. The highest BCUT2D eigenvalue weighted by atomic mass is 16.5. The first-order chi connectivity index (χ1) is 16.2. The van der Waals surface area contributed by atoms with Crippen LogP contribution in [0.25, 0.3) is 0 Å². The Hall–Kier alpha value is -2.00. The van der Waals surface area contributed by atoms with Gasteiger partial charge in [-0.2, -0.15) is 0 Å². The number of aryl methyl sites for hydroxylation is 1. The zero-order chi connectivity index (χ0) is 25.3. The SMILES string of the molecule is CCCCCCCCCCc1ccc(C(O)(c2c(C)c(OC)c(C)c(C)c2OC)C(C)C)cc1. The Morgan fingerprint density at radius 2 is 1.24 bits per heavy atom. The summed E-state index contributed by atoms with van der Waals surface area (Å²) in [6.45, 7) is 12.5. The van der Waals surface area contributed by atoms with Gasteiger partial charge in [-0.15, -0.1) is 0 Å². The molecule has 0 aliphatic heterocycles. The van der Waals surface area contributed by atoms with Crippen molar-refractivity contribution in [2.24, 2.45) is 5.92 Å². The second kappa shape index (κ2) is 13.2.